The van der Waals surface area contributed by atoms with E-state index in [4.69, 9.17) is 5.26 Å². The number of rotatable bonds is 5. The Kier molecular flexibility index (Phi) is 5.07. The Morgan fingerprint density at radius 1 is 1.45 bits per heavy atom. The molecular weight excluding hydrogens is 336 g/mol. The van der Waals surface area contributed by atoms with Crippen molar-refractivity contribution in [3.8, 4) is 6.07 Å². The molecule has 2 rings (SSSR count). The van der Waals surface area contributed by atoms with Gasteiger partial charge in [-0.1, -0.05) is 12.1 Å². The zero-order chi connectivity index (χ0) is 14.5. The second-order valence-corrected chi connectivity index (χ2v) is 6.28. The molecule has 5 heteroatoms. The van der Waals surface area contributed by atoms with Crippen LogP contribution in [0.25, 0.3) is 0 Å². The number of carbonyl (C=O) groups excluding carboxylic acids is 1. The first-order chi connectivity index (χ1) is 9.60. The fourth-order valence-electron chi connectivity index (χ4n) is 1.92. The minimum Gasteiger partial charge on any atom is -0.295 e. The van der Waals surface area contributed by atoms with E-state index in [0.717, 1.165) is 14.9 Å². The number of nitrogens with zero attached hydrogens (tertiary/aromatic N) is 2. The van der Waals surface area contributed by atoms with Gasteiger partial charge in [0.1, 0.15) is 0 Å². The van der Waals surface area contributed by atoms with Gasteiger partial charge in [-0.05, 0) is 52.1 Å². The largest absolute Gasteiger partial charge is 0.295 e. The molecule has 0 saturated heterocycles. The Labute approximate surface area is 130 Å². The molecule has 0 saturated carbocycles. The molecule has 0 aliphatic heterocycles. The number of carbonyl (C=O) groups is 1. The number of ketones is 1. The van der Waals surface area contributed by atoms with E-state index in [9.17, 15) is 4.79 Å². The van der Waals surface area contributed by atoms with E-state index in [2.05, 4.69) is 22.0 Å². The molecule has 102 valence electrons. The van der Waals surface area contributed by atoms with Crippen LogP contribution in [-0.2, 0) is 6.54 Å². The van der Waals surface area contributed by atoms with Gasteiger partial charge in [-0.2, -0.15) is 5.26 Å². The molecule has 0 spiro atoms. The summed E-state index contributed by atoms with van der Waals surface area (Å²) >= 11 is 4.82. The fraction of sp³-hybridized carbons (Fsp3) is 0.200. The summed E-state index contributed by atoms with van der Waals surface area (Å²) in [5, 5.41) is 10.8. The highest BCUT2D eigenvalue weighted by Gasteiger charge is 2.14. The van der Waals surface area contributed by atoms with Crippen molar-refractivity contribution in [3.63, 3.8) is 0 Å². The van der Waals surface area contributed by atoms with Gasteiger partial charge in [0.2, 0.25) is 0 Å². The summed E-state index contributed by atoms with van der Waals surface area (Å²) in [5.74, 6) is 0.103. The molecule has 2 aromatic rings. The van der Waals surface area contributed by atoms with E-state index < -0.39 is 0 Å². The van der Waals surface area contributed by atoms with Crippen molar-refractivity contribution in [3.05, 3.63) is 56.2 Å². The molecule has 0 aliphatic carbocycles. The number of thiophene rings is 1. The lowest BCUT2D eigenvalue weighted by molar-refractivity contribution is 0.0946. The molecule has 0 fully saturated rings. The predicted octanol–water partition coefficient (Wildman–Crippen LogP) is 3.70. The molecule has 0 atom stereocenters. The van der Waals surface area contributed by atoms with E-state index >= 15 is 0 Å². The molecular formula is C15H13BrN2OS. The highest BCUT2D eigenvalue weighted by Crippen LogP contribution is 2.23. The number of halogens is 1. The Hall–Kier alpha value is -1.48. The van der Waals surface area contributed by atoms with Crippen LogP contribution in [0.2, 0.25) is 0 Å². The van der Waals surface area contributed by atoms with E-state index in [-0.39, 0.29) is 5.78 Å². The zero-order valence-corrected chi connectivity index (χ0v) is 13.4. The predicted molar refractivity (Wildman–Crippen MR) is 83.8 cm³/mol. The molecule has 0 bridgehead atoms. The van der Waals surface area contributed by atoms with Crippen LogP contribution in [0.3, 0.4) is 0 Å². The molecule has 0 radical (unpaired) electrons. The highest BCUT2D eigenvalue weighted by atomic mass is 79.9. The molecule has 20 heavy (non-hydrogen) atoms. The van der Waals surface area contributed by atoms with E-state index in [1.54, 1.807) is 6.07 Å². The lowest BCUT2D eigenvalue weighted by Gasteiger charge is -2.15. The smallest absolute Gasteiger partial charge is 0.187 e. The number of benzene rings is 1. The van der Waals surface area contributed by atoms with Crippen LogP contribution >= 0.6 is 27.3 Å². The van der Waals surface area contributed by atoms with Crippen LogP contribution in [0.4, 0.5) is 0 Å². The summed E-state index contributed by atoms with van der Waals surface area (Å²) in [5.41, 5.74) is 1.67. The Morgan fingerprint density at radius 2 is 2.25 bits per heavy atom. The number of hydrogen-bond donors (Lipinski definition) is 0. The summed E-state index contributed by atoms with van der Waals surface area (Å²) in [7, 11) is 1.90. The fourth-order valence-corrected chi connectivity index (χ4v) is 3.44. The van der Waals surface area contributed by atoms with Crippen molar-refractivity contribution in [2.24, 2.45) is 0 Å². The Bertz CT molecular complexity index is 660. The summed E-state index contributed by atoms with van der Waals surface area (Å²) < 4.78 is 0.854. The minimum atomic E-state index is 0.103. The molecule has 1 aromatic carbocycles. The molecule has 0 aliphatic rings. The van der Waals surface area contributed by atoms with Crippen molar-refractivity contribution in [1.29, 1.82) is 5.26 Å². The summed E-state index contributed by atoms with van der Waals surface area (Å²) in [6.07, 6.45) is 0. The van der Waals surface area contributed by atoms with Crippen LogP contribution in [0, 0.1) is 11.3 Å². The van der Waals surface area contributed by atoms with Gasteiger partial charge in [-0.15, -0.1) is 11.3 Å². The topological polar surface area (TPSA) is 44.1 Å². The zero-order valence-electron chi connectivity index (χ0n) is 11.0. The number of nitriles is 1. The molecule has 1 heterocycles. The van der Waals surface area contributed by atoms with Crippen LogP contribution in [0.1, 0.15) is 20.8 Å². The standard InChI is InChI=1S/C15H13BrN2OS/c1-18(9-12-4-2-3-11(7-12)8-17)10-14(19)15-13(16)5-6-20-15/h2-7H,9-10H2,1H3. The van der Waals surface area contributed by atoms with E-state index in [0.29, 0.717) is 18.7 Å². The van der Waals surface area contributed by atoms with E-state index in [1.807, 2.05) is 41.6 Å². The van der Waals surface area contributed by atoms with Crippen molar-refractivity contribution in [2.75, 3.05) is 13.6 Å². The number of likely N-dealkylation sites (N-methyl/N-ethyl adjacent to an activating group) is 1. The van der Waals surface area contributed by atoms with E-state index in [1.165, 1.54) is 11.3 Å². The lowest BCUT2D eigenvalue weighted by atomic mass is 10.1. The maximum atomic E-state index is 12.1. The molecule has 0 unspecified atom stereocenters. The van der Waals surface area contributed by atoms with Gasteiger partial charge in [-0.3, -0.25) is 9.69 Å². The summed E-state index contributed by atoms with van der Waals surface area (Å²) in [4.78, 5) is 14.8. The molecule has 0 N–H and O–H groups in total. The Morgan fingerprint density at radius 3 is 2.90 bits per heavy atom. The maximum Gasteiger partial charge on any atom is 0.187 e. The monoisotopic (exact) mass is 348 g/mol. The van der Waals surface area contributed by atoms with Crippen LogP contribution in [0.15, 0.2) is 40.2 Å². The third-order valence-corrected chi connectivity index (χ3v) is 4.67. The first-order valence-electron chi connectivity index (χ1n) is 6.04. The van der Waals surface area contributed by atoms with Gasteiger partial charge in [-0.25, -0.2) is 0 Å². The number of hydrogen-bond acceptors (Lipinski definition) is 4. The van der Waals surface area contributed by atoms with Crippen molar-refractivity contribution < 1.29 is 4.79 Å². The van der Waals surface area contributed by atoms with Gasteiger partial charge >= 0.3 is 0 Å². The third-order valence-electron chi connectivity index (χ3n) is 2.79. The first-order valence-corrected chi connectivity index (χ1v) is 7.71. The average Bonchev–Trinajstić information content (AvgIpc) is 2.85. The molecule has 0 amide bonds. The third kappa shape index (κ3) is 3.76. The molecule has 1 aromatic heterocycles. The normalized spacial score (nSPS) is 10.5. The Balaban J connectivity index is 1.99. The van der Waals surface area contributed by atoms with Crippen LogP contribution in [-0.4, -0.2) is 24.3 Å². The maximum absolute atomic E-state index is 12.1. The quantitative estimate of drug-likeness (QED) is 0.773. The lowest BCUT2D eigenvalue weighted by Crippen LogP contribution is -2.25. The number of Topliss-reactive ketones (excluding diaryl/α,β-unsaturated/α-hetero) is 1. The first kappa shape index (κ1) is 14.9. The SMILES string of the molecule is CN(CC(=O)c1sccc1Br)Cc1cccc(C#N)c1. The second kappa shape index (κ2) is 6.80. The van der Waals surface area contributed by atoms with Gasteiger partial charge in [0, 0.05) is 11.0 Å². The highest BCUT2D eigenvalue weighted by molar-refractivity contribution is 9.10. The van der Waals surface area contributed by atoms with Crippen LogP contribution in [0.5, 0.6) is 0 Å². The van der Waals surface area contributed by atoms with Crippen molar-refractivity contribution in [1.82, 2.24) is 4.90 Å². The van der Waals surface area contributed by atoms with Gasteiger partial charge in [0.25, 0.3) is 0 Å². The van der Waals surface area contributed by atoms with Crippen molar-refractivity contribution >= 4 is 33.0 Å². The minimum absolute atomic E-state index is 0.103. The van der Waals surface area contributed by atoms with Crippen LogP contribution < -0.4 is 0 Å². The average molecular weight is 349 g/mol. The van der Waals surface area contributed by atoms with Crippen molar-refractivity contribution in [2.45, 2.75) is 6.54 Å². The van der Waals surface area contributed by atoms with Gasteiger partial charge < -0.3 is 0 Å². The van der Waals surface area contributed by atoms with Gasteiger partial charge in [0.15, 0.2) is 5.78 Å². The molecule has 3 nitrogen and oxygen atoms in total. The second-order valence-electron chi connectivity index (χ2n) is 4.51. The van der Waals surface area contributed by atoms with Gasteiger partial charge in [0.05, 0.1) is 23.1 Å². The summed E-state index contributed by atoms with van der Waals surface area (Å²) in [6, 6.07) is 11.5. The summed E-state index contributed by atoms with van der Waals surface area (Å²) in [6.45, 7) is 1.00.